The van der Waals surface area contributed by atoms with Crippen LogP contribution in [0.4, 0.5) is 4.79 Å². The third-order valence-corrected chi connectivity index (χ3v) is 8.30. The molecule has 2 fully saturated rings. The van der Waals surface area contributed by atoms with E-state index in [9.17, 15) is 19.5 Å². The number of carbonyl (C=O) groups excluding carboxylic acids is 2. The number of hydrogen-bond donors (Lipinski definition) is 2. The van der Waals surface area contributed by atoms with Crippen molar-refractivity contribution in [2.75, 3.05) is 19.7 Å². The number of nitrogens with zero attached hydrogens (tertiary/aromatic N) is 1. The van der Waals surface area contributed by atoms with Crippen molar-refractivity contribution in [3.05, 3.63) is 59.7 Å². The molecule has 0 aromatic heterocycles. The lowest BCUT2D eigenvalue weighted by Gasteiger charge is -2.47. The van der Waals surface area contributed by atoms with Crippen molar-refractivity contribution in [1.29, 1.82) is 0 Å². The molecule has 2 amide bonds. The van der Waals surface area contributed by atoms with Crippen LogP contribution in [0.2, 0.25) is 0 Å². The Morgan fingerprint density at radius 1 is 1.00 bits per heavy atom. The lowest BCUT2D eigenvalue weighted by Crippen LogP contribution is -2.65. The fraction of sp³-hybridized carbons (Fsp3) is 0.464. The maximum Gasteiger partial charge on any atom is 0.408 e. The van der Waals surface area contributed by atoms with Crippen LogP contribution >= 0.6 is 0 Å². The highest BCUT2D eigenvalue weighted by Gasteiger charge is 2.51. The van der Waals surface area contributed by atoms with Crippen molar-refractivity contribution in [2.45, 2.75) is 56.9 Å². The van der Waals surface area contributed by atoms with E-state index in [1.54, 1.807) is 4.90 Å². The Morgan fingerprint density at radius 2 is 1.63 bits per heavy atom. The summed E-state index contributed by atoms with van der Waals surface area (Å²) in [4.78, 5) is 40.0. The summed E-state index contributed by atoms with van der Waals surface area (Å²) in [5.74, 6) is -1.09. The predicted octanol–water partition coefficient (Wildman–Crippen LogP) is 4.55. The molecule has 0 radical (unpaired) electrons. The number of amides is 2. The molecule has 3 aliphatic rings. The maximum absolute atomic E-state index is 13.5. The number of hydrogen-bond acceptors (Lipinski definition) is 4. The highest BCUT2D eigenvalue weighted by Crippen LogP contribution is 2.44. The van der Waals surface area contributed by atoms with Crippen molar-refractivity contribution < 1.29 is 24.2 Å². The molecular weight excluding hydrogens is 444 g/mol. The number of fused-ring (bicyclic) bond motifs is 3. The number of carboxylic acid groups (broad SMARTS) is 1. The fourth-order valence-electron chi connectivity index (χ4n) is 5.97. The zero-order chi connectivity index (χ0) is 24.6. The second-order valence-electron chi connectivity index (χ2n) is 10.2. The van der Waals surface area contributed by atoms with E-state index in [-0.39, 0.29) is 25.0 Å². The number of carbonyl (C=O) groups is 3. The average molecular weight is 477 g/mol. The van der Waals surface area contributed by atoms with E-state index in [1.165, 1.54) is 0 Å². The molecule has 184 valence electrons. The number of carboxylic acids is 1. The summed E-state index contributed by atoms with van der Waals surface area (Å²) in [5, 5.41) is 12.7. The summed E-state index contributed by atoms with van der Waals surface area (Å²) >= 11 is 0. The van der Waals surface area contributed by atoms with Crippen LogP contribution in [0.25, 0.3) is 11.1 Å². The molecule has 1 heterocycles. The molecule has 7 nitrogen and oxygen atoms in total. The first-order valence-electron chi connectivity index (χ1n) is 12.6. The van der Waals surface area contributed by atoms with Crippen molar-refractivity contribution >= 4 is 18.0 Å². The minimum absolute atomic E-state index is 0.0518. The third-order valence-electron chi connectivity index (χ3n) is 8.30. The summed E-state index contributed by atoms with van der Waals surface area (Å²) in [6.07, 6.45) is 3.00. The summed E-state index contributed by atoms with van der Waals surface area (Å²) < 4.78 is 5.69. The lowest BCUT2D eigenvalue weighted by molar-refractivity contribution is -0.158. The summed E-state index contributed by atoms with van der Waals surface area (Å²) in [6, 6.07) is 16.3. The second kappa shape index (κ2) is 9.02. The minimum atomic E-state index is -1.00. The molecule has 2 aromatic carbocycles. The Morgan fingerprint density at radius 3 is 2.17 bits per heavy atom. The number of piperidine rings is 1. The van der Waals surface area contributed by atoms with E-state index in [0.717, 1.165) is 28.7 Å². The van der Waals surface area contributed by atoms with Crippen LogP contribution in [0.1, 0.15) is 62.5 Å². The van der Waals surface area contributed by atoms with E-state index in [0.29, 0.717) is 38.6 Å². The van der Waals surface area contributed by atoms with Gasteiger partial charge in [0.15, 0.2) is 0 Å². The molecule has 2 aromatic rings. The highest BCUT2D eigenvalue weighted by atomic mass is 16.5. The van der Waals surface area contributed by atoms with Gasteiger partial charge < -0.3 is 20.1 Å². The standard InChI is InChI=1S/C28H32N2O5/c1-2-27(25(32)33)13-8-16-30(18-27)24(31)28(14-7-15-28)29-26(34)35-17-23-21-11-5-3-9-19(21)20-10-4-6-12-22(20)23/h3-6,9-12,23H,2,7-8,13-18H2,1H3,(H,29,34)(H,32,33). The molecule has 1 atom stereocenters. The Bertz CT molecular complexity index is 1110. The van der Waals surface area contributed by atoms with Crippen molar-refractivity contribution in [3.63, 3.8) is 0 Å². The molecule has 2 aliphatic carbocycles. The Hall–Kier alpha value is -3.35. The van der Waals surface area contributed by atoms with Crippen LogP contribution in [0.15, 0.2) is 48.5 Å². The number of nitrogens with one attached hydrogen (secondary N) is 1. The van der Waals surface area contributed by atoms with Gasteiger partial charge in [0.05, 0.1) is 5.41 Å². The number of aliphatic carboxylic acids is 1. The largest absolute Gasteiger partial charge is 0.481 e. The average Bonchev–Trinajstić information content (AvgIpc) is 3.18. The SMILES string of the molecule is CCC1(C(=O)O)CCCN(C(=O)C2(NC(=O)OCC3c4ccccc4-c4ccccc43)CCC2)C1. The van der Waals surface area contributed by atoms with E-state index < -0.39 is 23.0 Å². The van der Waals surface area contributed by atoms with E-state index in [2.05, 4.69) is 29.6 Å². The first kappa shape index (κ1) is 23.4. The van der Waals surface area contributed by atoms with Crippen LogP contribution in [-0.4, -0.2) is 53.2 Å². The number of benzene rings is 2. The molecule has 1 saturated carbocycles. The second-order valence-corrected chi connectivity index (χ2v) is 10.2. The molecule has 35 heavy (non-hydrogen) atoms. The van der Waals surface area contributed by atoms with Gasteiger partial charge in [-0.15, -0.1) is 0 Å². The van der Waals surface area contributed by atoms with Gasteiger partial charge >= 0.3 is 12.1 Å². The number of alkyl carbamates (subject to hydrolysis) is 1. The van der Waals surface area contributed by atoms with Crippen LogP contribution in [0, 0.1) is 5.41 Å². The molecular formula is C28H32N2O5. The normalized spacial score (nSPS) is 22.5. The van der Waals surface area contributed by atoms with Gasteiger partial charge in [0.2, 0.25) is 5.91 Å². The smallest absolute Gasteiger partial charge is 0.408 e. The van der Waals surface area contributed by atoms with Gasteiger partial charge in [0.25, 0.3) is 0 Å². The molecule has 1 unspecified atom stereocenters. The van der Waals surface area contributed by atoms with Crippen LogP contribution in [-0.2, 0) is 14.3 Å². The molecule has 2 N–H and O–H groups in total. The van der Waals surface area contributed by atoms with Crippen molar-refractivity contribution in [1.82, 2.24) is 10.2 Å². The van der Waals surface area contributed by atoms with Crippen LogP contribution in [0.3, 0.4) is 0 Å². The first-order chi connectivity index (χ1) is 16.9. The van der Waals surface area contributed by atoms with Crippen LogP contribution < -0.4 is 5.32 Å². The summed E-state index contributed by atoms with van der Waals surface area (Å²) in [6.45, 7) is 2.75. The lowest BCUT2D eigenvalue weighted by atomic mass is 9.73. The van der Waals surface area contributed by atoms with Gasteiger partial charge in [-0.05, 0) is 60.8 Å². The Kier molecular flexibility index (Phi) is 6.03. The quantitative estimate of drug-likeness (QED) is 0.638. The number of likely N-dealkylation sites (tertiary alicyclic amines) is 1. The molecule has 0 bridgehead atoms. The van der Waals surface area contributed by atoms with Crippen molar-refractivity contribution in [2.24, 2.45) is 5.41 Å². The molecule has 5 rings (SSSR count). The molecule has 0 spiro atoms. The predicted molar refractivity (Wildman–Crippen MR) is 131 cm³/mol. The zero-order valence-electron chi connectivity index (χ0n) is 20.1. The highest BCUT2D eigenvalue weighted by molar-refractivity contribution is 5.91. The third kappa shape index (κ3) is 3.97. The van der Waals surface area contributed by atoms with Crippen LogP contribution in [0.5, 0.6) is 0 Å². The number of rotatable bonds is 6. The van der Waals surface area contributed by atoms with E-state index in [4.69, 9.17) is 4.74 Å². The monoisotopic (exact) mass is 476 g/mol. The topological polar surface area (TPSA) is 95.9 Å². The van der Waals surface area contributed by atoms with E-state index >= 15 is 0 Å². The Balaban J connectivity index is 1.27. The van der Waals surface area contributed by atoms with Crippen molar-refractivity contribution in [3.8, 4) is 11.1 Å². The van der Waals surface area contributed by atoms with Gasteiger partial charge in [-0.3, -0.25) is 9.59 Å². The van der Waals surface area contributed by atoms with Gasteiger partial charge in [-0.25, -0.2) is 4.79 Å². The summed E-state index contributed by atoms with van der Waals surface area (Å²) in [5.41, 5.74) is 2.67. The Labute approximate surface area is 205 Å². The molecule has 1 saturated heterocycles. The van der Waals surface area contributed by atoms with Gasteiger partial charge in [0.1, 0.15) is 12.1 Å². The molecule has 1 aliphatic heterocycles. The zero-order valence-corrected chi connectivity index (χ0v) is 20.1. The fourth-order valence-corrected chi connectivity index (χ4v) is 5.97. The van der Waals surface area contributed by atoms with Gasteiger partial charge in [-0.1, -0.05) is 55.5 Å². The minimum Gasteiger partial charge on any atom is -0.481 e. The first-order valence-corrected chi connectivity index (χ1v) is 12.6. The number of ether oxygens (including phenoxy) is 1. The maximum atomic E-state index is 13.5. The van der Waals surface area contributed by atoms with Gasteiger partial charge in [0, 0.05) is 19.0 Å². The molecule has 7 heteroatoms. The van der Waals surface area contributed by atoms with E-state index in [1.807, 2.05) is 31.2 Å². The summed E-state index contributed by atoms with van der Waals surface area (Å²) in [7, 11) is 0. The van der Waals surface area contributed by atoms with Gasteiger partial charge in [-0.2, -0.15) is 0 Å².